The molecule has 0 atom stereocenters. The second-order valence-electron chi connectivity index (χ2n) is 7.49. The number of hydrogen-bond acceptors (Lipinski definition) is 3. The lowest BCUT2D eigenvalue weighted by Gasteiger charge is -2.08. The maximum absolute atomic E-state index is 11.5. The second kappa shape index (κ2) is 8.92. The summed E-state index contributed by atoms with van der Waals surface area (Å²) in [5.41, 5.74) is 6.91. The smallest absolute Gasteiger partial charge is 0.307 e. The molecule has 1 aliphatic carbocycles. The Morgan fingerprint density at radius 2 is 1.74 bits per heavy atom. The Balaban J connectivity index is 1.66. The van der Waals surface area contributed by atoms with Crippen molar-refractivity contribution in [3.8, 4) is 11.5 Å². The van der Waals surface area contributed by atoms with Gasteiger partial charge in [0.2, 0.25) is 0 Å². The monoisotopic (exact) mass is 412 g/mol. The van der Waals surface area contributed by atoms with E-state index in [1.807, 2.05) is 73.7 Å². The van der Waals surface area contributed by atoms with Gasteiger partial charge in [0.05, 0.1) is 13.5 Å². The van der Waals surface area contributed by atoms with Gasteiger partial charge in [-0.3, -0.25) is 4.79 Å². The summed E-state index contributed by atoms with van der Waals surface area (Å²) >= 11 is 0. The maximum atomic E-state index is 11.5. The largest absolute Gasteiger partial charge is 0.497 e. The zero-order chi connectivity index (χ0) is 21.8. The highest BCUT2D eigenvalue weighted by Crippen LogP contribution is 2.44. The molecule has 0 heterocycles. The van der Waals surface area contributed by atoms with Crippen molar-refractivity contribution < 1.29 is 19.4 Å². The Bertz CT molecular complexity index is 1170. The molecule has 4 rings (SSSR count). The number of para-hydroxylation sites is 1. The van der Waals surface area contributed by atoms with Gasteiger partial charge in [0.25, 0.3) is 0 Å². The quantitative estimate of drug-likeness (QED) is 0.511. The van der Waals surface area contributed by atoms with Gasteiger partial charge in [-0.2, -0.15) is 0 Å². The topological polar surface area (TPSA) is 55.8 Å². The predicted octanol–water partition coefficient (Wildman–Crippen LogP) is 6.08. The number of ether oxygens (including phenoxy) is 2. The first-order chi connectivity index (χ1) is 15.0. The van der Waals surface area contributed by atoms with Crippen LogP contribution in [0.3, 0.4) is 0 Å². The molecule has 0 saturated heterocycles. The Morgan fingerprint density at radius 3 is 2.48 bits per heavy atom. The van der Waals surface area contributed by atoms with Crippen LogP contribution in [0, 0.1) is 0 Å². The van der Waals surface area contributed by atoms with E-state index >= 15 is 0 Å². The average Bonchev–Trinajstić information content (AvgIpc) is 3.03. The third-order valence-corrected chi connectivity index (χ3v) is 5.44. The summed E-state index contributed by atoms with van der Waals surface area (Å²) < 4.78 is 11.2. The molecule has 156 valence electrons. The van der Waals surface area contributed by atoms with Crippen molar-refractivity contribution in [3.63, 3.8) is 0 Å². The maximum Gasteiger partial charge on any atom is 0.307 e. The van der Waals surface area contributed by atoms with Crippen molar-refractivity contribution in [2.45, 2.75) is 20.0 Å². The number of rotatable bonds is 7. The van der Waals surface area contributed by atoms with E-state index in [9.17, 15) is 9.90 Å². The van der Waals surface area contributed by atoms with Crippen LogP contribution in [0.1, 0.15) is 35.6 Å². The van der Waals surface area contributed by atoms with Crippen LogP contribution >= 0.6 is 0 Å². The molecule has 1 N–H and O–H groups in total. The van der Waals surface area contributed by atoms with Gasteiger partial charge in [0, 0.05) is 0 Å². The second-order valence-corrected chi connectivity index (χ2v) is 7.49. The van der Waals surface area contributed by atoms with E-state index in [-0.39, 0.29) is 6.42 Å². The number of aliphatic carboxylic acids is 1. The number of allylic oxidation sites excluding steroid dienone is 2. The first-order valence-corrected chi connectivity index (χ1v) is 10.1. The Labute approximate surface area is 182 Å². The third kappa shape index (κ3) is 4.53. The van der Waals surface area contributed by atoms with Gasteiger partial charge in [0.15, 0.2) is 0 Å². The van der Waals surface area contributed by atoms with Crippen LogP contribution in [0.25, 0.3) is 17.2 Å². The van der Waals surface area contributed by atoms with Crippen molar-refractivity contribution in [2.75, 3.05) is 7.11 Å². The molecule has 0 bridgehead atoms. The lowest BCUT2D eigenvalue weighted by molar-refractivity contribution is -0.135. The molecule has 3 aromatic carbocycles. The third-order valence-electron chi connectivity index (χ3n) is 5.44. The summed E-state index contributed by atoms with van der Waals surface area (Å²) in [6, 6.07) is 23.8. The van der Waals surface area contributed by atoms with Crippen LogP contribution in [-0.2, 0) is 11.4 Å². The van der Waals surface area contributed by atoms with E-state index in [0.29, 0.717) is 6.61 Å². The van der Waals surface area contributed by atoms with Crippen molar-refractivity contribution >= 4 is 23.2 Å². The lowest BCUT2D eigenvalue weighted by Crippen LogP contribution is -1.97. The Hall–Kier alpha value is -3.79. The average molecular weight is 412 g/mol. The number of hydrogen-bond donors (Lipinski definition) is 1. The van der Waals surface area contributed by atoms with E-state index in [1.165, 1.54) is 0 Å². The predicted molar refractivity (Wildman–Crippen MR) is 123 cm³/mol. The zero-order valence-corrected chi connectivity index (χ0v) is 17.6. The molecule has 0 aliphatic heterocycles. The van der Waals surface area contributed by atoms with E-state index in [2.05, 4.69) is 12.1 Å². The van der Waals surface area contributed by atoms with Crippen LogP contribution in [0.4, 0.5) is 0 Å². The molecule has 0 fully saturated rings. The van der Waals surface area contributed by atoms with Gasteiger partial charge >= 0.3 is 5.97 Å². The Morgan fingerprint density at radius 1 is 0.935 bits per heavy atom. The molecule has 0 unspecified atom stereocenters. The molecule has 3 aromatic rings. The minimum absolute atomic E-state index is 0.0195. The fourth-order valence-corrected chi connectivity index (χ4v) is 3.89. The molecule has 0 radical (unpaired) electrons. The number of fused-ring (bicyclic) bond motifs is 1. The van der Waals surface area contributed by atoms with Crippen LogP contribution < -0.4 is 9.47 Å². The summed E-state index contributed by atoms with van der Waals surface area (Å²) in [7, 11) is 1.61. The molecule has 0 saturated carbocycles. The highest BCUT2D eigenvalue weighted by Gasteiger charge is 2.25. The van der Waals surface area contributed by atoms with Crippen molar-refractivity contribution in [1.82, 2.24) is 0 Å². The van der Waals surface area contributed by atoms with Crippen LogP contribution in [0.2, 0.25) is 0 Å². The first kappa shape index (κ1) is 20.5. The zero-order valence-electron chi connectivity index (χ0n) is 17.6. The number of benzene rings is 3. The number of carboxylic acid groups (broad SMARTS) is 1. The molecule has 0 spiro atoms. The lowest BCUT2D eigenvalue weighted by atomic mass is 9.99. The van der Waals surface area contributed by atoms with E-state index < -0.39 is 5.97 Å². The van der Waals surface area contributed by atoms with Gasteiger partial charge in [-0.25, -0.2) is 0 Å². The molecule has 31 heavy (non-hydrogen) atoms. The molecular formula is C27H24O4. The Kier molecular flexibility index (Phi) is 5.89. The highest BCUT2D eigenvalue weighted by atomic mass is 16.5. The minimum atomic E-state index is -0.843. The molecule has 4 nitrogen and oxygen atoms in total. The molecule has 1 aliphatic rings. The number of carboxylic acids is 1. The first-order valence-electron chi connectivity index (χ1n) is 10.1. The normalized spacial score (nSPS) is 13.9. The minimum Gasteiger partial charge on any atom is -0.497 e. The fraction of sp³-hybridized carbons (Fsp3) is 0.148. The van der Waals surface area contributed by atoms with Gasteiger partial charge in [-0.05, 0) is 82.3 Å². The summed E-state index contributed by atoms with van der Waals surface area (Å²) in [5, 5.41) is 9.41. The van der Waals surface area contributed by atoms with E-state index in [1.54, 1.807) is 7.11 Å². The van der Waals surface area contributed by atoms with E-state index in [0.717, 1.165) is 50.5 Å². The number of methoxy groups -OCH3 is 1. The summed E-state index contributed by atoms with van der Waals surface area (Å²) in [4.78, 5) is 11.5. The van der Waals surface area contributed by atoms with Gasteiger partial charge in [0.1, 0.15) is 18.1 Å². The summed E-state index contributed by atoms with van der Waals surface area (Å²) in [6.07, 6.45) is 2.09. The molecule has 4 heteroatoms. The molecule has 0 aromatic heterocycles. The SMILES string of the molecule is COc1ccc2c(c1)C(CC(=O)O)=C(C)/C2=C/c1cccc(COc2ccccc2)c1. The standard InChI is InChI=1S/C27H24O4/c1-18-24(23-12-11-22(30-2)15-26(23)25(18)16-27(28)29)14-19-7-6-8-20(13-19)17-31-21-9-4-3-5-10-21/h3-15H,16-17H2,1-2H3,(H,28,29)/b24-14-. The molecular weight excluding hydrogens is 388 g/mol. The van der Waals surface area contributed by atoms with Crippen LogP contribution in [0.5, 0.6) is 11.5 Å². The summed E-state index contributed by atoms with van der Waals surface area (Å²) in [6.45, 7) is 2.47. The van der Waals surface area contributed by atoms with E-state index in [4.69, 9.17) is 9.47 Å². The fourth-order valence-electron chi connectivity index (χ4n) is 3.89. The molecule has 0 amide bonds. The van der Waals surface area contributed by atoms with Crippen molar-refractivity contribution in [1.29, 1.82) is 0 Å². The summed E-state index contributed by atoms with van der Waals surface area (Å²) in [5.74, 6) is 0.710. The van der Waals surface area contributed by atoms with Gasteiger partial charge in [-0.15, -0.1) is 0 Å². The highest BCUT2D eigenvalue weighted by molar-refractivity contribution is 6.07. The van der Waals surface area contributed by atoms with Crippen molar-refractivity contribution in [3.05, 3.63) is 101 Å². The van der Waals surface area contributed by atoms with Gasteiger partial charge < -0.3 is 14.6 Å². The van der Waals surface area contributed by atoms with Crippen LogP contribution in [0.15, 0.2) is 78.4 Å². The van der Waals surface area contributed by atoms with Crippen LogP contribution in [-0.4, -0.2) is 18.2 Å². The van der Waals surface area contributed by atoms with Gasteiger partial charge in [-0.1, -0.05) is 42.5 Å². The number of carbonyl (C=O) groups is 1. The van der Waals surface area contributed by atoms with Crippen molar-refractivity contribution in [2.24, 2.45) is 0 Å².